The molecule has 0 saturated heterocycles. The number of benzene rings is 3. The molecule has 0 bridgehead atoms. The van der Waals surface area contributed by atoms with Gasteiger partial charge >= 0.3 is 0 Å². The van der Waals surface area contributed by atoms with E-state index in [0.717, 1.165) is 11.1 Å². The van der Waals surface area contributed by atoms with Crippen molar-refractivity contribution in [3.05, 3.63) is 85.3 Å². The fourth-order valence-corrected chi connectivity index (χ4v) is 4.50. The second-order valence-corrected chi connectivity index (χ2v) is 9.81. The first-order valence-corrected chi connectivity index (χ1v) is 11.8. The Balaban J connectivity index is 2.18. The quantitative estimate of drug-likeness (QED) is 0.171. The number of halogens is 4. The van der Waals surface area contributed by atoms with Gasteiger partial charge < -0.3 is 10.4 Å². The highest BCUT2D eigenvalue weighted by Gasteiger charge is 2.23. The van der Waals surface area contributed by atoms with E-state index in [2.05, 4.69) is 9.71 Å². The highest BCUT2D eigenvalue weighted by atomic mass is 35.5. The lowest BCUT2D eigenvalue weighted by Gasteiger charge is -2.16. The van der Waals surface area contributed by atoms with E-state index in [9.17, 15) is 13.5 Å². The Hall–Kier alpha value is -1.96. The lowest BCUT2D eigenvalue weighted by atomic mass is 10.1. The predicted octanol–water partition coefficient (Wildman–Crippen LogP) is 6.87. The van der Waals surface area contributed by atoms with Gasteiger partial charge in [0.05, 0.1) is 20.6 Å². The third-order valence-electron chi connectivity index (χ3n) is 4.34. The van der Waals surface area contributed by atoms with Crippen LogP contribution in [0.3, 0.4) is 0 Å². The zero-order valence-electron chi connectivity index (χ0n) is 16.2. The van der Waals surface area contributed by atoms with Gasteiger partial charge in [-0.15, -0.1) is 4.40 Å². The van der Waals surface area contributed by atoms with E-state index >= 15 is 0 Å². The number of hydrogen-bond acceptors (Lipinski definition) is 3. The number of sulfonamides is 1. The van der Waals surface area contributed by atoms with Crippen LogP contribution in [0.25, 0.3) is 0 Å². The van der Waals surface area contributed by atoms with Gasteiger partial charge in [0.2, 0.25) is 0 Å². The summed E-state index contributed by atoms with van der Waals surface area (Å²) in [5.74, 6) is -0.535. The molecule has 2 N–H and O–H groups in total. The Labute approximate surface area is 200 Å². The van der Waals surface area contributed by atoms with E-state index in [1.165, 1.54) is 12.1 Å². The maximum Gasteiger partial charge on any atom is 0.284 e. The number of phenolic OH excluding ortho intramolecular Hbond substituents is 1. The average molecular weight is 518 g/mol. The molecule has 0 spiro atoms. The molecule has 0 fully saturated rings. The van der Waals surface area contributed by atoms with Crippen LogP contribution in [0.4, 0.5) is 5.69 Å². The summed E-state index contributed by atoms with van der Waals surface area (Å²) < 4.78 is 29.9. The molecule has 162 valence electrons. The van der Waals surface area contributed by atoms with Gasteiger partial charge in [-0.3, -0.25) is 0 Å². The minimum absolute atomic E-state index is 0.00886. The van der Waals surface area contributed by atoms with Crippen molar-refractivity contribution in [2.24, 2.45) is 4.40 Å². The van der Waals surface area contributed by atoms with Crippen LogP contribution in [0.1, 0.15) is 16.7 Å². The molecule has 0 unspecified atom stereocenters. The van der Waals surface area contributed by atoms with Crippen LogP contribution in [0.5, 0.6) is 5.75 Å². The van der Waals surface area contributed by atoms with Crippen LogP contribution in [-0.2, 0) is 10.0 Å². The SMILES string of the molecule is Cc1ccc(/C(=N\S(=O)(=O)c2ccc(C)cc2)Nc2c(Cl)c(Cl)c(O)c(Cl)c2Cl)cc1. The maximum absolute atomic E-state index is 13.0. The molecule has 31 heavy (non-hydrogen) atoms. The summed E-state index contributed by atoms with van der Waals surface area (Å²) in [5.41, 5.74) is 2.34. The Morgan fingerprint density at radius 1 is 0.806 bits per heavy atom. The lowest BCUT2D eigenvalue weighted by Crippen LogP contribution is -2.17. The molecule has 0 saturated carbocycles. The summed E-state index contributed by atoms with van der Waals surface area (Å²) in [6.45, 7) is 3.74. The van der Waals surface area contributed by atoms with Gasteiger partial charge in [0, 0.05) is 5.56 Å². The monoisotopic (exact) mass is 516 g/mol. The molecule has 0 radical (unpaired) electrons. The summed E-state index contributed by atoms with van der Waals surface area (Å²) in [4.78, 5) is 0.0171. The molecule has 3 aromatic rings. The van der Waals surface area contributed by atoms with E-state index in [0.29, 0.717) is 5.56 Å². The first-order valence-electron chi connectivity index (χ1n) is 8.82. The van der Waals surface area contributed by atoms with Crippen LogP contribution in [-0.4, -0.2) is 19.4 Å². The van der Waals surface area contributed by atoms with E-state index < -0.39 is 15.8 Å². The van der Waals surface area contributed by atoms with Gasteiger partial charge in [0.1, 0.15) is 10.0 Å². The second kappa shape index (κ2) is 9.27. The standard InChI is InChI=1S/C21H16Cl4N2O3S/c1-11-3-7-13(8-4-11)21(27-31(29,30)14-9-5-12(2)6-10-14)26-19-15(22)17(24)20(28)18(25)16(19)23/h3-10,28H,1-2H3,(H,26,27). The number of phenols is 1. The number of nitrogens with zero attached hydrogens (tertiary/aromatic N) is 1. The van der Waals surface area contributed by atoms with Gasteiger partial charge in [0.15, 0.2) is 11.6 Å². The second-order valence-electron chi connectivity index (χ2n) is 6.70. The number of amidine groups is 1. The van der Waals surface area contributed by atoms with Gasteiger partial charge in [-0.05, 0) is 26.0 Å². The molecule has 0 atom stereocenters. The van der Waals surface area contributed by atoms with Gasteiger partial charge in [-0.1, -0.05) is 93.9 Å². The van der Waals surface area contributed by atoms with E-state index in [1.54, 1.807) is 36.4 Å². The number of hydrogen-bond donors (Lipinski definition) is 2. The third-order valence-corrected chi connectivity index (χ3v) is 7.32. The maximum atomic E-state index is 13.0. The van der Waals surface area contributed by atoms with E-state index in [1.807, 2.05) is 13.8 Å². The van der Waals surface area contributed by atoms with Crippen LogP contribution in [0, 0.1) is 13.8 Å². The van der Waals surface area contributed by atoms with Crippen molar-refractivity contribution in [2.75, 3.05) is 5.32 Å². The summed E-state index contributed by atoms with van der Waals surface area (Å²) >= 11 is 24.5. The number of aryl methyl sites for hydroxylation is 2. The van der Waals surface area contributed by atoms with Crippen molar-refractivity contribution in [1.82, 2.24) is 0 Å². The molecule has 5 nitrogen and oxygen atoms in total. The first-order chi connectivity index (χ1) is 14.5. The Morgan fingerprint density at radius 2 is 1.26 bits per heavy atom. The summed E-state index contributed by atoms with van der Waals surface area (Å²) in [6, 6.07) is 13.3. The summed E-state index contributed by atoms with van der Waals surface area (Å²) in [7, 11) is -4.08. The smallest absolute Gasteiger partial charge is 0.284 e. The molecule has 3 aromatic carbocycles. The van der Waals surface area contributed by atoms with Crippen molar-refractivity contribution in [3.8, 4) is 5.75 Å². The van der Waals surface area contributed by atoms with E-state index in [-0.39, 0.29) is 36.5 Å². The lowest BCUT2D eigenvalue weighted by molar-refractivity contribution is 0.476. The van der Waals surface area contributed by atoms with Crippen LogP contribution >= 0.6 is 46.4 Å². The molecule has 0 heterocycles. The molecule has 0 aliphatic heterocycles. The summed E-state index contributed by atoms with van der Waals surface area (Å²) in [6.07, 6.45) is 0. The van der Waals surface area contributed by atoms with Gasteiger partial charge in [0.25, 0.3) is 10.0 Å². The third kappa shape index (κ3) is 5.10. The van der Waals surface area contributed by atoms with Crippen LogP contribution in [0.15, 0.2) is 57.8 Å². The van der Waals surface area contributed by atoms with Crippen LogP contribution < -0.4 is 5.32 Å². The minimum atomic E-state index is -4.08. The van der Waals surface area contributed by atoms with Crippen molar-refractivity contribution in [3.63, 3.8) is 0 Å². The average Bonchev–Trinajstić information content (AvgIpc) is 2.74. The highest BCUT2D eigenvalue weighted by Crippen LogP contribution is 2.48. The molecular formula is C21H16Cl4N2O3S. The number of nitrogens with one attached hydrogen (secondary N) is 1. The summed E-state index contributed by atoms with van der Waals surface area (Å²) in [5, 5.41) is 12.0. The Morgan fingerprint density at radius 3 is 1.74 bits per heavy atom. The largest absolute Gasteiger partial charge is 0.505 e. The topological polar surface area (TPSA) is 78.8 Å². The highest BCUT2D eigenvalue weighted by molar-refractivity contribution is 7.90. The van der Waals surface area contributed by atoms with Crippen molar-refractivity contribution in [1.29, 1.82) is 0 Å². The Bertz CT molecular complexity index is 1240. The zero-order valence-corrected chi connectivity index (χ0v) is 20.1. The molecule has 3 rings (SSSR count). The number of anilines is 1. The van der Waals surface area contributed by atoms with Crippen molar-refractivity contribution < 1.29 is 13.5 Å². The molecule has 10 heteroatoms. The molecular weight excluding hydrogens is 502 g/mol. The molecule has 0 aliphatic rings. The fourth-order valence-electron chi connectivity index (χ4n) is 2.59. The van der Waals surface area contributed by atoms with Gasteiger partial charge in [-0.2, -0.15) is 8.42 Å². The van der Waals surface area contributed by atoms with Crippen molar-refractivity contribution in [2.45, 2.75) is 18.7 Å². The first kappa shape index (κ1) is 23.7. The van der Waals surface area contributed by atoms with Crippen LogP contribution in [0.2, 0.25) is 20.1 Å². The predicted molar refractivity (Wildman–Crippen MR) is 128 cm³/mol. The van der Waals surface area contributed by atoms with E-state index in [4.69, 9.17) is 46.4 Å². The molecule has 0 aliphatic carbocycles. The minimum Gasteiger partial charge on any atom is -0.505 e. The van der Waals surface area contributed by atoms with Gasteiger partial charge in [-0.25, -0.2) is 0 Å². The fraction of sp³-hybridized carbons (Fsp3) is 0.0952. The number of rotatable bonds is 4. The normalized spacial score (nSPS) is 12.1. The van der Waals surface area contributed by atoms with Crippen molar-refractivity contribution >= 4 is 68.0 Å². The number of aromatic hydroxyl groups is 1. The Kier molecular flexibility index (Phi) is 7.08. The zero-order chi connectivity index (χ0) is 22.9. The molecule has 0 amide bonds. The molecule has 0 aromatic heterocycles.